The second kappa shape index (κ2) is 12.3. The Labute approximate surface area is 255 Å². The van der Waals surface area contributed by atoms with Crippen LogP contribution in [0.3, 0.4) is 0 Å². The fourth-order valence-corrected chi connectivity index (χ4v) is 6.12. The fraction of sp³-hybridized carbons (Fsp3) is 0.265. The van der Waals surface area contributed by atoms with Crippen molar-refractivity contribution in [2.24, 2.45) is 0 Å². The topological polar surface area (TPSA) is 68.2 Å². The molecule has 4 aromatic carbocycles. The smallest absolute Gasteiger partial charge is 0.321 e. The maximum atomic E-state index is 12.4. The summed E-state index contributed by atoms with van der Waals surface area (Å²) in [5.74, 6) is 1.24. The average molecular weight is 605 g/mol. The summed E-state index contributed by atoms with van der Waals surface area (Å²) in [6.45, 7) is 3.35. The lowest BCUT2D eigenvalue weighted by Crippen LogP contribution is -2.47. The second-order valence-electron chi connectivity index (χ2n) is 10.7. The molecular weight excluding hydrogens is 573 g/mol. The Kier molecular flexibility index (Phi) is 8.29. The summed E-state index contributed by atoms with van der Waals surface area (Å²) in [5, 5.41) is 11.2. The molecule has 0 saturated heterocycles. The molecule has 1 N–H and O–H groups in total. The van der Waals surface area contributed by atoms with Gasteiger partial charge in [-0.05, 0) is 77.1 Å². The molecule has 0 bridgehead atoms. The van der Waals surface area contributed by atoms with E-state index in [1.54, 1.807) is 12.1 Å². The van der Waals surface area contributed by atoms with Gasteiger partial charge in [0.2, 0.25) is 0 Å². The Bertz CT molecular complexity index is 1580. The van der Waals surface area contributed by atoms with Crippen LogP contribution in [0.2, 0.25) is 10.0 Å². The van der Waals surface area contributed by atoms with Crippen molar-refractivity contribution in [3.63, 3.8) is 0 Å². The molecule has 6 nitrogen and oxygen atoms in total. The summed E-state index contributed by atoms with van der Waals surface area (Å²) >= 11 is 12.1. The molecule has 0 amide bonds. The van der Waals surface area contributed by atoms with Gasteiger partial charge in [-0.2, -0.15) is 0 Å². The third-order valence-corrected chi connectivity index (χ3v) is 8.73. The Morgan fingerprint density at radius 3 is 2.45 bits per heavy atom. The van der Waals surface area contributed by atoms with Gasteiger partial charge < -0.3 is 19.3 Å². The number of ether oxygens (including phenoxy) is 3. The van der Waals surface area contributed by atoms with Gasteiger partial charge in [0, 0.05) is 12.6 Å². The third-order valence-electron chi connectivity index (χ3n) is 7.99. The second-order valence-corrected chi connectivity index (χ2v) is 11.5. The molecule has 2 aliphatic rings. The van der Waals surface area contributed by atoms with Crippen LogP contribution < -0.4 is 14.2 Å². The van der Waals surface area contributed by atoms with E-state index in [0.717, 1.165) is 40.0 Å². The van der Waals surface area contributed by atoms with Crippen molar-refractivity contribution in [1.29, 1.82) is 0 Å². The van der Waals surface area contributed by atoms with E-state index in [1.807, 2.05) is 60.7 Å². The number of hydrogen-bond acceptors (Lipinski definition) is 5. The summed E-state index contributed by atoms with van der Waals surface area (Å²) in [4.78, 5) is 14.5. The van der Waals surface area contributed by atoms with E-state index >= 15 is 0 Å². The van der Waals surface area contributed by atoms with E-state index in [1.165, 1.54) is 0 Å². The molecule has 0 aliphatic carbocycles. The van der Waals surface area contributed by atoms with Crippen LogP contribution in [0.4, 0.5) is 0 Å². The lowest BCUT2D eigenvalue weighted by atomic mass is 9.89. The molecule has 0 spiro atoms. The van der Waals surface area contributed by atoms with Crippen LogP contribution in [0.1, 0.15) is 53.3 Å². The van der Waals surface area contributed by atoms with Crippen LogP contribution in [0.5, 0.6) is 17.2 Å². The predicted octanol–water partition coefficient (Wildman–Crippen LogP) is 8.05. The molecule has 0 radical (unpaired) electrons. The first-order valence-electron chi connectivity index (χ1n) is 14.0. The van der Waals surface area contributed by atoms with Crippen LogP contribution >= 0.6 is 23.2 Å². The number of carboxylic acids is 1. The molecule has 42 heavy (non-hydrogen) atoms. The number of aliphatic carboxylic acids is 1. The van der Waals surface area contributed by atoms with E-state index in [9.17, 15) is 9.90 Å². The lowest BCUT2D eigenvalue weighted by molar-refractivity contribution is -0.145. The minimum Gasteiger partial charge on any atom is -0.489 e. The van der Waals surface area contributed by atoms with Gasteiger partial charge in [-0.25, -0.2) is 0 Å². The van der Waals surface area contributed by atoms with E-state index in [2.05, 4.69) is 24.0 Å². The Morgan fingerprint density at radius 2 is 1.74 bits per heavy atom. The Morgan fingerprint density at radius 1 is 0.976 bits per heavy atom. The van der Waals surface area contributed by atoms with Crippen molar-refractivity contribution >= 4 is 29.2 Å². The highest BCUT2D eigenvalue weighted by Crippen LogP contribution is 2.42. The van der Waals surface area contributed by atoms with Crippen LogP contribution in [0, 0.1) is 0 Å². The first-order valence-corrected chi connectivity index (χ1v) is 14.8. The first-order chi connectivity index (χ1) is 20.4. The van der Waals surface area contributed by atoms with Crippen molar-refractivity contribution in [1.82, 2.24) is 4.90 Å². The maximum Gasteiger partial charge on any atom is 0.321 e. The highest BCUT2D eigenvalue weighted by molar-refractivity contribution is 6.42. The van der Waals surface area contributed by atoms with Crippen LogP contribution in [-0.4, -0.2) is 28.6 Å². The normalized spacial score (nSPS) is 18.6. The summed E-state index contributed by atoms with van der Waals surface area (Å²) in [6.07, 6.45) is 0.944. The van der Waals surface area contributed by atoms with Crippen LogP contribution in [0.25, 0.3) is 0 Å². The van der Waals surface area contributed by atoms with Gasteiger partial charge in [-0.1, -0.05) is 78.7 Å². The summed E-state index contributed by atoms with van der Waals surface area (Å²) < 4.78 is 18.5. The lowest BCUT2D eigenvalue weighted by Gasteiger charge is -2.40. The SMILES string of the molecule is CC[C@@H](c1ccccc1)N1Cc2cc3c(cc2C[C@H]1C(=O)O)OCC(c1ccc(OCc2ccc(Cl)c(Cl)c2)cc1)O3. The molecule has 216 valence electrons. The molecule has 1 unspecified atom stereocenters. The summed E-state index contributed by atoms with van der Waals surface area (Å²) in [5.41, 5.74) is 5.08. The molecule has 0 fully saturated rings. The molecule has 0 saturated carbocycles. The maximum absolute atomic E-state index is 12.4. The standard InChI is InChI=1S/C34H31Cl2NO5/c1-2-29(22-6-4-3-5-7-22)37-18-25-17-32-31(16-24(25)15-30(37)34(38)39)41-20-33(42-32)23-9-11-26(12-10-23)40-19-21-8-13-27(35)28(36)14-21/h3-14,16-17,29-30,33H,2,15,18-20H2,1H3,(H,38,39)/t29-,30-,33?/m0/s1. The average Bonchev–Trinajstić information content (AvgIpc) is 3.01. The number of carboxylic acid groups (broad SMARTS) is 1. The molecule has 2 aliphatic heterocycles. The van der Waals surface area contributed by atoms with Crippen molar-refractivity contribution in [3.05, 3.63) is 123 Å². The highest BCUT2D eigenvalue weighted by Gasteiger charge is 2.37. The van der Waals surface area contributed by atoms with E-state index in [-0.39, 0.29) is 12.1 Å². The van der Waals surface area contributed by atoms with E-state index in [0.29, 0.717) is 47.7 Å². The largest absolute Gasteiger partial charge is 0.489 e. The summed E-state index contributed by atoms with van der Waals surface area (Å²) in [6, 6.07) is 26.7. The Hall–Kier alpha value is -3.71. The van der Waals surface area contributed by atoms with Gasteiger partial charge >= 0.3 is 5.97 Å². The quantitative estimate of drug-likeness (QED) is 0.220. The molecule has 4 aromatic rings. The molecular formula is C34H31Cl2NO5. The molecule has 8 heteroatoms. The zero-order chi connectivity index (χ0) is 29.2. The van der Waals surface area contributed by atoms with Crippen LogP contribution in [0.15, 0.2) is 84.9 Å². The van der Waals surface area contributed by atoms with E-state index < -0.39 is 12.0 Å². The van der Waals surface area contributed by atoms with Gasteiger partial charge in [0.25, 0.3) is 0 Å². The predicted molar refractivity (Wildman–Crippen MR) is 163 cm³/mol. The third kappa shape index (κ3) is 5.93. The van der Waals surface area contributed by atoms with Gasteiger partial charge in [-0.15, -0.1) is 0 Å². The number of halogens is 2. The zero-order valence-corrected chi connectivity index (χ0v) is 24.6. The molecule has 6 rings (SSSR count). The number of nitrogens with zero attached hydrogens (tertiary/aromatic N) is 1. The number of carbonyl (C=O) groups is 1. The molecule has 3 atom stereocenters. The van der Waals surface area contributed by atoms with Gasteiger partial charge in [0.05, 0.1) is 10.0 Å². The van der Waals surface area contributed by atoms with Crippen LogP contribution in [-0.2, 0) is 24.4 Å². The van der Waals surface area contributed by atoms with Gasteiger partial charge in [0.1, 0.15) is 25.0 Å². The number of benzene rings is 4. The van der Waals surface area contributed by atoms with Crippen molar-refractivity contribution < 1.29 is 24.1 Å². The highest BCUT2D eigenvalue weighted by atomic mass is 35.5. The van der Waals surface area contributed by atoms with Crippen molar-refractivity contribution in [2.75, 3.05) is 6.61 Å². The fourth-order valence-electron chi connectivity index (χ4n) is 5.80. The minimum absolute atomic E-state index is 0.00110. The number of rotatable bonds is 8. The monoisotopic (exact) mass is 603 g/mol. The summed E-state index contributed by atoms with van der Waals surface area (Å²) in [7, 11) is 0. The first kappa shape index (κ1) is 28.4. The minimum atomic E-state index is -0.811. The van der Waals surface area contributed by atoms with E-state index in [4.69, 9.17) is 37.4 Å². The molecule has 2 heterocycles. The number of hydrogen-bond donors (Lipinski definition) is 1. The van der Waals surface area contributed by atoms with Crippen molar-refractivity contribution in [2.45, 2.75) is 51.1 Å². The Balaban J connectivity index is 1.17. The molecule has 0 aromatic heterocycles. The van der Waals surface area contributed by atoms with Gasteiger partial charge in [0.15, 0.2) is 17.6 Å². The number of fused-ring (bicyclic) bond motifs is 2. The van der Waals surface area contributed by atoms with Gasteiger partial charge in [-0.3, -0.25) is 9.69 Å². The van der Waals surface area contributed by atoms with Crippen molar-refractivity contribution in [3.8, 4) is 17.2 Å². The zero-order valence-electron chi connectivity index (χ0n) is 23.1.